The molecule has 0 heterocycles. The molecule has 0 atom stereocenters. The molecule has 0 saturated heterocycles. The molecule has 0 unspecified atom stereocenters. The molecule has 0 aliphatic carbocycles. The van der Waals surface area contributed by atoms with Gasteiger partial charge in [0.15, 0.2) is 0 Å². The number of nitrogens with zero attached hydrogens (tertiary/aromatic N) is 2. The summed E-state index contributed by atoms with van der Waals surface area (Å²) in [4.78, 5) is 11.0. The van der Waals surface area contributed by atoms with E-state index in [0.717, 1.165) is 26.2 Å². The molecular formula is C10H22N4O2. The molecule has 0 aromatic rings. The minimum Gasteiger partial charge on any atom is -0.382 e. The van der Waals surface area contributed by atoms with Crippen molar-refractivity contribution >= 4 is 12.2 Å². The Morgan fingerprint density at radius 1 is 1.56 bits per heavy atom. The molecule has 94 valence electrons. The van der Waals surface area contributed by atoms with Gasteiger partial charge in [-0.3, -0.25) is 9.80 Å². The van der Waals surface area contributed by atoms with Crippen LogP contribution in [-0.2, 0) is 9.53 Å². The number of ether oxygens (including phenoxy) is 1. The molecule has 6 nitrogen and oxygen atoms in total. The zero-order valence-corrected chi connectivity index (χ0v) is 10.3. The van der Waals surface area contributed by atoms with E-state index in [2.05, 4.69) is 15.7 Å². The van der Waals surface area contributed by atoms with E-state index >= 15 is 0 Å². The maximum absolute atomic E-state index is 11.0. The summed E-state index contributed by atoms with van der Waals surface area (Å²) in [6.07, 6.45) is 2.54. The quantitative estimate of drug-likeness (QED) is 0.245. The van der Waals surface area contributed by atoms with Gasteiger partial charge in [0.25, 0.3) is 0 Å². The molecule has 1 amide bonds. The molecule has 2 N–H and O–H groups in total. The van der Waals surface area contributed by atoms with Crippen LogP contribution in [0, 0.1) is 0 Å². The van der Waals surface area contributed by atoms with Gasteiger partial charge in [-0.05, 0) is 13.3 Å². The van der Waals surface area contributed by atoms with Crippen molar-refractivity contribution in [3.63, 3.8) is 0 Å². The second-order valence-electron chi connectivity index (χ2n) is 3.24. The molecule has 16 heavy (non-hydrogen) atoms. The van der Waals surface area contributed by atoms with E-state index < -0.39 is 0 Å². The Balaban J connectivity index is 3.41. The van der Waals surface area contributed by atoms with Crippen LogP contribution >= 0.6 is 0 Å². The first-order valence-corrected chi connectivity index (χ1v) is 5.46. The second-order valence-corrected chi connectivity index (χ2v) is 3.24. The van der Waals surface area contributed by atoms with Crippen LogP contribution in [0.2, 0.25) is 0 Å². The summed E-state index contributed by atoms with van der Waals surface area (Å²) >= 11 is 0. The summed E-state index contributed by atoms with van der Waals surface area (Å²) in [7, 11) is 3.35. The van der Waals surface area contributed by atoms with E-state index in [1.54, 1.807) is 25.4 Å². The third-order valence-corrected chi connectivity index (χ3v) is 1.81. The van der Waals surface area contributed by atoms with Crippen molar-refractivity contribution < 1.29 is 9.53 Å². The SMILES string of the molecule is CCOCCCN/C=N/N(C)CC(=O)NC. The van der Waals surface area contributed by atoms with Crippen molar-refractivity contribution in [1.29, 1.82) is 0 Å². The normalized spacial score (nSPS) is 10.4. The summed E-state index contributed by atoms with van der Waals surface area (Å²) in [5.74, 6) is -0.0593. The number of nitrogens with one attached hydrogen (secondary N) is 2. The van der Waals surface area contributed by atoms with Gasteiger partial charge in [0.1, 0.15) is 12.9 Å². The zero-order chi connectivity index (χ0) is 12.2. The standard InChI is InChI=1S/C10H22N4O2/c1-4-16-7-5-6-12-9-13-14(3)8-10(15)11-2/h9H,4-8H2,1-3H3,(H,11,15)(H,12,13). The second kappa shape index (κ2) is 10.2. The number of carbonyl (C=O) groups is 1. The van der Waals surface area contributed by atoms with Gasteiger partial charge in [-0.1, -0.05) is 0 Å². The van der Waals surface area contributed by atoms with Gasteiger partial charge in [0.2, 0.25) is 5.91 Å². The Hall–Kier alpha value is -1.30. The van der Waals surface area contributed by atoms with Crippen molar-refractivity contribution in [3.05, 3.63) is 0 Å². The molecule has 0 bridgehead atoms. The number of hydrogen-bond acceptors (Lipinski definition) is 4. The average molecular weight is 230 g/mol. The first-order chi connectivity index (χ1) is 7.70. The third-order valence-electron chi connectivity index (χ3n) is 1.81. The van der Waals surface area contributed by atoms with E-state index in [4.69, 9.17) is 4.74 Å². The van der Waals surface area contributed by atoms with Crippen LogP contribution in [0.25, 0.3) is 0 Å². The maximum atomic E-state index is 11.0. The smallest absolute Gasteiger partial charge is 0.241 e. The van der Waals surface area contributed by atoms with Gasteiger partial charge in [-0.15, -0.1) is 0 Å². The number of hydrogen-bond donors (Lipinski definition) is 2. The highest BCUT2D eigenvalue weighted by Gasteiger charge is 1.99. The Labute approximate surface area is 97.0 Å². The lowest BCUT2D eigenvalue weighted by Gasteiger charge is -2.11. The van der Waals surface area contributed by atoms with Crippen LogP contribution in [0.15, 0.2) is 5.10 Å². The highest BCUT2D eigenvalue weighted by molar-refractivity contribution is 5.77. The van der Waals surface area contributed by atoms with Crippen LogP contribution in [0.4, 0.5) is 0 Å². The maximum Gasteiger partial charge on any atom is 0.241 e. The first kappa shape index (κ1) is 14.7. The van der Waals surface area contributed by atoms with Gasteiger partial charge in [0.05, 0.1) is 0 Å². The molecule has 0 saturated carbocycles. The summed E-state index contributed by atoms with van der Waals surface area (Å²) in [6, 6.07) is 0. The van der Waals surface area contributed by atoms with Gasteiger partial charge in [0, 0.05) is 33.9 Å². The van der Waals surface area contributed by atoms with Crippen LogP contribution in [-0.4, -0.2) is 57.7 Å². The molecule has 0 aromatic heterocycles. The van der Waals surface area contributed by atoms with Crippen LogP contribution in [0.3, 0.4) is 0 Å². The van der Waals surface area contributed by atoms with Crippen molar-refractivity contribution in [2.24, 2.45) is 5.10 Å². The Bertz CT molecular complexity index is 209. The fraction of sp³-hybridized carbons (Fsp3) is 0.800. The molecule has 0 spiro atoms. The highest BCUT2D eigenvalue weighted by atomic mass is 16.5. The van der Waals surface area contributed by atoms with Gasteiger partial charge in [-0.25, -0.2) is 0 Å². The first-order valence-electron chi connectivity index (χ1n) is 5.46. The number of carbonyl (C=O) groups excluding carboxylic acids is 1. The lowest BCUT2D eigenvalue weighted by atomic mass is 10.4. The van der Waals surface area contributed by atoms with E-state index in [1.165, 1.54) is 0 Å². The minimum atomic E-state index is -0.0593. The summed E-state index contributed by atoms with van der Waals surface area (Å²) in [5.41, 5.74) is 0. The Morgan fingerprint density at radius 2 is 2.31 bits per heavy atom. The zero-order valence-electron chi connectivity index (χ0n) is 10.3. The largest absolute Gasteiger partial charge is 0.382 e. The topological polar surface area (TPSA) is 66.0 Å². The molecule has 0 aromatic carbocycles. The van der Waals surface area contributed by atoms with Gasteiger partial charge in [-0.2, -0.15) is 5.10 Å². The predicted octanol–water partition coefficient (Wildman–Crippen LogP) is -0.376. The lowest BCUT2D eigenvalue weighted by Crippen LogP contribution is -2.30. The van der Waals surface area contributed by atoms with Crippen LogP contribution < -0.4 is 10.6 Å². The molecule has 0 fully saturated rings. The predicted molar refractivity (Wildman–Crippen MR) is 64.3 cm³/mol. The average Bonchev–Trinajstić information content (AvgIpc) is 2.27. The van der Waals surface area contributed by atoms with Crippen LogP contribution in [0.1, 0.15) is 13.3 Å². The number of amides is 1. The summed E-state index contributed by atoms with van der Waals surface area (Å²) in [6.45, 7) is 4.56. The van der Waals surface area contributed by atoms with Gasteiger partial charge >= 0.3 is 0 Å². The van der Waals surface area contributed by atoms with Crippen LogP contribution in [0.5, 0.6) is 0 Å². The summed E-state index contributed by atoms with van der Waals surface area (Å²) in [5, 5.41) is 11.1. The molecular weight excluding hydrogens is 208 g/mol. The highest BCUT2D eigenvalue weighted by Crippen LogP contribution is 1.81. The monoisotopic (exact) mass is 230 g/mol. The molecule has 6 heteroatoms. The van der Waals surface area contributed by atoms with Crippen molar-refractivity contribution in [1.82, 2.24) is 15.6 Å². The van der Waals surface area contributed by atoms with Crippen molar-refractivity contribution in [2.45, 2.75) is 13.3 Å². The molecule has 0 aliphatic heterocycles. The van der Waals surface area contributed by atoms with Gasteiger partial charge < -0.3 is 15.4 Å². The molecule has 0 aliphatic rings. The fourth-order valence-corrected chi connectivity index (χ4v) is 0.952. The fourth-order valence-electron chi connectivity index (χ4n) is 0.952. The number of likely N-dealkylation sites (N-methyl/N-ethyl adjacent to an activating group) is 2. The number of hydrazone groups is 1. The summed E-state index contributed by atoms with van der Waals surface area (Å²) < 4.78 is 5.18. The molecule has 0 radical (unpaired) electrons. The molecule has 0 rings (SSSR count). The van der Waals surface area contributed by atoms with E-state index in [-0.39, 0.29) is 12.5 Å². The number of rotatable bonds is 9. The van der Waals surface area contributed by atoms with E-state index in [1.807, 2.05) is 6.92 Å². The van der Waals surface area contributed by atoms with Crippen molar-refractivity contribution in [2.75, 3.05) is 40.4 Å². The Morgan fingerprint density at radius 3 is 2.94 bits per heavy atom. The third kappa shape index (κ3) is 9.26. The Kier molecular flexibility index (Phi) is 9.39. The van der Waals surface area contributed by atoms with E-state index in [0.29, 0.717) is 0 Å². The van der Waals surface area contributed by atoms with Crippen molar-refractivity contribution in [3.8, 4) is 0 Å². The lowest BCUT2D eigenvalue weighted by molar-refractivity contribution is -0.121. The van der Waals surface area contributed by atoms with E-state index in [9.17, 15) is 4.79 Å². The minimum absolute atomic E-state index is 0.0593.